The summed E-state index contributed by atoms with van der Waals surface area (Å²) in [6, 6.07) is 46.9. The lowest BCUT2D eigenvalue weighted by Crippen LogP contribution is -2.21. The van der Waals surface area contributed by atoms with E-state index in [9.17, 15) is 0 Å². The third kappa shape index (κ3) is 12.8. The van der Waals surface area contributed by atoms with Gasteiger partial charge in [0.15, 0.2) is 0 Å². The van der Waals surface area contributed by atoms with E-state index in [0.717, 1.165) is 101 Å². The first-order valence-corrected chi connectivity index (χ1v) is 30.8. The maximum atomic E-state index is 6.90. The highest BCUT2D eigenvalue weighted by Crippen LogP contribution is 2.37. The summed E-state index contributed by atoms with van der Waals surface area (Å²) in [7, 11) is 0. The van der Waals surface area contributed by atoms with Crippen molar-refractivity contribution in [1.29, 1.82) is 0 Å². The van der Waals surface area contributed by atoms with Crippen molar-refractivity contribution < 1.29 is 28.4 Å². The predicted molar refractivity (Wildman–Crippen MR) is 325 cm³/mol. The predicted octanol–water partition coefficient (Wildman–Crippen LogP) is 14.3. The minimum Gasteiger partial charge on any atom is -0.489 e. The molecule has 0 aliphatic carbocycles. The van der Waals surface area contributed by atoms with Gasteiger partial charge in [0.05, 0.1) is 0 Å². The Morgan fingerprint density at radius 3 is 0.464 bits per heavy atom. The van der Waals surface area contributed by atoms with Crippen molar-refractivity contribution in [2.75, 3.05) is 0 Å². The van der Waals surface area contributed by atoms with Crippen LogP contribution in [0.4, 0.5) is 0 Å². The monoisotopic (exact) mass is 1220 g/mol. The van der Waals surface area contributed by atoms with E-state index in [1.54, 1.807) is 0 Å². The molecule has 0 aliphatic heterocycles. The molecule has 0 saturated carbocycles. The number of aromatic nitrogens is 12. The van der Waals surface area contributed by atoms with Crippen LogP contribution in [0.5, 0.6) is 34.5 Å². The maximum Gasteiger partial charge on any atom is 0.119 e. The lowest BCUT2D eigenvalue weighted by molar-refractivity contribution is 0.249. The van der Waals surface area contributed by atoms with E-state index in [1.165, 1.54) is 69.2 Å². The molecule has 0 N–H and O–H groups in total. The van der Waals surface area contributed by atoms with Gasteiger partial charge in [-0.2, -0.15) is 0 Å². The third-order valence-electron chi connectivity index (χ3n) is 13.5. The SMILES string of the molecule is c1cc(-c2csnn2)ccc1OCc1c(COc2ccc(-c3csnn3)cc2)c(COc2ccc(-c3csnn3)cc2)c(COc2ccc(-c3csnn3)cc2)c(COc2ccc(-c3csnn3)cc2)c1COc1ccc(-c2csnn2)cc1. The molecule has 0 bridgehead atoms. The fourth-order valence-corrected chi connectivity index (χ4v) is 11.9. The summed E-state index contributed by atoms with van der Waals surface area (Å²) >= 11 is 7.79. The van der Waals surface area contributed by atoms with Crippen LogP contribution in [0.1, 0.15) is 33.4 Å². The molecule has 0 amide bonds. The van der Waals surface area contributed by atoms with E-state index < -0.39 is 0 Å². The summed E-state index contributed by atoms with van der Waals surface area (Å²) in [5.74, 6) is 3.78. The lowest BCUT2D eigenvalue weighted by atomic mass is 9.87. The third-order valence-corrected chi connectivity index (χ3v) is 16.6. The summed E-state index contributed by atoms with van der Waals surface area (Å²) < 4.78 is 65.8. The molecule has 24 heteroatoms. The van der Waals surface area contributed by atoms with Gasteiger partial charge in [-0.15, -0.1) is 30.6 Å². The van der Waals surface area contributed by atoms with E-state index in [-0.39, 0.29) is 39.6 Å². The van der Waals surface area contributed by atoms with Gasteiger partial charge < -0.3 is 28.4 Å². The summed E-state index contributed by atoms with van der Waals surface area (Å²) in [5, 5.41) is 37.2. The van der Waals surface area contributed by atoms with Gasteiger partial charge in [-0.25, -0.2) is 0 Å². The van der Waals surface area contributed by atoms with Gasteiger partial charge in [-0.05, 0) is 215 Å². The summed E-state index contributed by atoms with van der Waals surface area (Å²) in [6.07, 6.45) is 0. The molecule has 6 aromatic heterocycles. The Bertz CT molecular complexity index is 3430. The first kappa shape index (κ1) is 54.0. The molecule has 18 nitrogen and oxygen atoms in total. The molecule has 7 aromatic carbocycles. The number of ether oxygens (including phenoxy) is 6. The highest BCUT2D eigenvalue weighted by atomic mass is 32.1. The van der Waals surface area contributed by atoms with Crippen molar-refractivity contribution in [1.82, 2.24) is 57.5 Å². The van der Waals surface area contributed by atoms with E-state index in [1.807, 2.05) is 178 Å². The van der Waals surface area contributed by atoms with Crippen molar-refractivity contribution in [3.63, 3.8) is 0 Å². The molecule has 0 radical (unpaired) electrons. The van der Waals surface area contributed by atoms with E-state index in [0.29, 0.717) is 34.5 Å². The molecule has 0 saturated heterocycles. The molecule has 0 spiro atoms. The van der Waals surface area contributed by atoms with Gasteiger partial charge in [-0.3, -0.25) is 0 Å². The molecule has 84 heavy (non-hydrogen) atoms. The number of hydrogen-bond acceptors (Lipinski definition) is 24. The fourth-order valence-electron chi connectivity index (χ4n) is 9.15. The van der Waals surface area contributed by atoms with Crippen LogP contribution < -0.4 is 28.4 Å². The van der Waals surface area contributed by atoms with Gasteiger partial charge in [0.25, 0.3) is 0 Å². The van der Waals surface area contributed by atoms with E-state index in [4.69, 9.17) is 28.4 Å². The molecular weight excluding hydrogens is 1180 g/mol. The minimum absolute atomic E-state index is 0.0847. The zero-order valence-corrected chi connectivity index (χ0v) is 48.7. The van der Waals surface area contributed by atoms with E-state index in [2.05, 4.69) is 57.5 Å². The first-order chi connectivity index (χ1) is 41.6. The summed E-state index contributed by atoms with van der Waals surface area (Å²) in [4.78, 5) is 0. The number of rotatable bonds is 24. The minimum atomic E-state index is 0.0847. The molecule has 0 fully saturated rings. The van der Waals surface area contributed by atoms with Gasteiger partial charge in [0, 0.05) is 99.0 Å². The van der Waals surface area contributed by atoms with Crippen molar-refractivity contribution in [3.8, 4) is 102 Å². The number of hydrogen-bond donors (Lipinski definition) is 0. The second kappa shape index (κ2) is 25.9. The summed E-state index contributed by atoms with van der Waals surface area (Å²) in [5.41, 5.74) is 15.0. The first-order valence-electron chi connectivity index (χ1n) is 25.8. The van der Waals surface area contributed by atoms with Crippen LogP contribution in [0, 0.1) is 0 Å². The Labute approximate surface area is 504 Å². The van der Waals surface area contributed by atoms with Gasteiger partial charge in [0.2, 0.25) is 0 Å². The molecule has 0 atom stereocenters. The lowest BCUT2D eigenvalue weighted by Gasteiger charge is -2.28. The van der Waals surface area contributed by atoms with Crippen molar-refractivity contribution in [2.24, 2.45) is 0 Å². The van der Waals surface area contributed by atoms with Crippen molar-refractivity contribution in [2.45, 2.75) is 39.6 Å². The van der Waals surface area contributed by atoms with Crippen LogP contribution in [-0.2, 0) is 39.6 Å². The van der Waals surface area contributed by atoms with Crippen LogP contribution in [-0.4, -0.2) is 57.5 Å². The Morgan fingerprint density at radius 1 is 0.202 bits per heavy atom. The maximum absolute atomic E-state index is 6.90. The standard InChI is InChI=1S/C60H42N12O6S6/c1-13-43(14-2-37(1)55-31-79-67-61-55)73-25-49-50(26-74-44-15-3-38(4-16-44)56-32-80-68-62-56)52(28-76-46-19-7-40(8-20-46)58-34-82-70-64-58)54(30-78-48-23-11-42(12-24-48)60-36-84-72-66-60)53(29-77-47-21-9-41(10-22-47)59-35-83-71-65-59)51(49)27-75-45-17-5-39(6-18-45)57-33-81-69-63-57/h1-24,31-36H,25-30H2. The van der Waals surface area contributed by atoms with Gasteiger partial charge >= 0.3 is 0 Å². The average molecular weight is 1220 g/mol. The van der Waals surface area contributed by atoms with Gasteiger partial charge in [-0.1, -0.05) is 26.9 Å². The molecule has 414 valence electrons. The van der Waals surface area contributed by atoms with Crippen LogP contribution in [0.25, 0.3) is 67.5 Å². The normalized spacial score (nSPS) is 11.1. The van der Waals surface area contributed by atoms with Crippen LogP contribution in [0.15, 0.2) is 178 Å². The molecule has 0 aliphatic rings. The Kier molecular flexibility index (Phi) is 16.6. The fraction of sp³-hybridized carbons (Fsp3) is 0.100. The van der Waals surface area contributed by atoms with Crippen molar-refractivity contribution in [3.05, 3.63) is 211 Å². The second-order valence-corrected chi connectivity index (χ2v) is 22.1. The highest BCUT2D eigenvalue weighted by molar-refractivity contribution is 7.04. The number of benzene rings is 7. The Balaban J connectivity index is 0.957. The smallest absolute Gasteiger partial charge is 0.119 e. The summed E-state index contributed by atoms with van der Waals surface area (Å²) in [6.45, 7) is 0.508. The van der Waals surface area contributed by atoms with E-state index >= 15 is 0 Å². The Morgan fingerprint density at radius 2 is 0.345 bits per heavy atom. The largest absolute Gasteiger partial charge is 0.489 e. The zero-order chi connectivity index (χ0) is 56.3. The van der Waals surface area contributed by atoms with Crippen LogP contribution >= 0.6 is 69.2 Å². The van der Waals surface area contributed by atoms with Crippen LogP contribution in [0.2, 0.25) is 0 Å². The molecule has 13 aromatic rings. The van der Waals surface area contributed by atoms with Gasteiger partial charge in [0.1, 0.15) is 108 Å². The average Bonchev–Trinajstić information content (AvgIpc) is 4.59. The highest BCUT2D eigenvalue weighted by Gasteiger charge is 2.28. The molecule has 13 rings (SSSR count). The quantitative estimate of drug-likeness (QED) is 0.0550. The van der Waals surface area contributed by atoms with Crippen LogP contribution in [0.3, 0.4) is 0 Å². The number of nitrogens with zero attached hydrogens (tertiary/aromatic N) is 12. The molecule has 6 heterocycles. The second-order valence-electron chi connectivity index (χ2n) is 18.5. The van der Waals surface area contributed by atoms with Crippen molar-refractivity contribution >= 4 is 69.2 Å². The zero-order valence-electron chi connectivity index (χ0n) is 43.8. The molecular formula is C60H42N12O6S6. The Hall–Kier alpha value is -9.30. The topological polar surface area (TPSA) is 210 Å². The molecule has 0 unspecified atom stereocenters.